The molecule has 0 spiro atoms. The summed E-state index contributed by atoms with van der Waals surface area (Å²) in [4.78, 5) is 29.3. The van der Waals surface area contributed by atoms with E-state index in [1.807, 2.05) is 6.07 Å². The van der Waals surface area contributed by atoms with Gasteiger partial charge in [-0.3, -0.25) is 14.9 Å². The number of H-pyrrole nitrogens is 1. The average Bonchev–Trinajstić information content (AvgIpc) is 2.86. The summed E-state index contributed by atoms with van der Waals surface area (Å²) >= 11 is 0. The van der Waals surface area contributed by atoms with E-state index < -0.39 is 12.0 Å². The average molecular weight is 274 g/mol. The quantitative estimate of drug-likeness (QED) is 0.636. The van der Waals surface area contributed by atoms with Crippen molar-refractivity contribution in [2.24, 2.45) is 5.73 Å². The van der Waals surface area contributed by atoms with Gasteiger partial charge >= 0.3 is 5.97 Å². The van der Waals surface area contributed by atoms with Crippen molar-refractivity contribution in [1.82, 2.24) is 9.97 Å². The number of carboxylic acids is 1. The number of aromatic nitrogens is 2. The maximum atomic E-state index is 11.9. The fourth-order valence-corrected chi connectivity index (χ4v) is 1.61. The van der Waals surface area contributed by atoms with Gasteiger partial charge in [-0.25, -0.2) is 4.98 Å². The Labute approximate surface area is 114 Å². The minimum atomic E-state index is -1.09. The Hall–Kier alpha value is -2.67. The summed E-state index contributed by atoms with van der Waals surface area (Å²) < 4.78 is 0. The summed E-state index contributed by atoms with van der Waals surface area (Å²) in [6, 6.07) is 7.67. The predicted octanol–water partition coefficient (Wildman–Crippen LogP) is 0.616. The van der Waals surface area contributed by atoms with E-state index >= 15 is 0 Å². The molecule has 0 radical (unpaired) electrons. The molecule has 0 aliphatic carbocycles. The van der Waals surface area contributed by atoms with Crippen LogP contribution in [0.4, 0.5) is 5.95 Å². The zero-order chi connectivity index (χ0) is 14.5. The van der Waals surface area contributed by atoms with E-state index in [4.69, 9.17) is 10.8 Å². The summed E-state index contributed by atoms with van der Waals surface area (Å²) in [7, 11) is 0. The van der Waals surface area contributed by atoms with Crippen molar-refractivity contribution >= 4 is 17.8 Å². The van der Waals surface area contributed by atoms with Gasteiger partial charge in [-0.05, 0) is 12.1 Å². The first-order chi connectivity index (χ1) is 9.56. The molecule has 5 N–H and O–H groups in total. The zero-order valence-corrected chi connectivity index (χ0v) is 10.5. The highest BCUT2D eigenvalue weighted by Gasteiger charge is 2.15. The standard InChI is InChI=1S/C13H14N4O3/c14-10(12(19)20)6-9-7-15-13(16-9)17-11(18)8-4-2-1-3-5-8/h1-5,7,10H,6,14H2,(H,19,20)(H2,15,16,17,18). The van der Waals surface area contributed by atoms with Crippen LogP contribution in [-0.4, -0.2) is 33.0 Å². The monoisotopic (exact) mass is 274 g/mol. The van der Waals surface area contributed by atoms with Crippen molar-refractivity contribution in [3.05, 3.63) is 47.8 Å². The van der Waals surface area contributed by atoms with Crippen molar-refractivity contribution < 1.29 is 14.7 Å². The SMILES string of the molecule is NC(Cc1c[nH]c(NC(=O)c2ccccc2)n1)C(=O)O. The van der Waals surface area contributed by atoms with Crippen LogP contribution in [0.5, 0.6) is 0 Å². The van der Waals surface area contributed by atoms with E-state index in [0.29, 0.717) is 11.3 Å². The normalized spacial score (nSPS) is 11.8. The molecule has 0 saturated heterocycles. The number of carboxylic acid groups (broad SMARTS) is 1. The van der Waals surface area contributed by atoms with Crippen molar-refractivity contribution in [1.29, 1.82) is 0 Å². The molecule has 1 amide bonds. The summed E-state index contributed by atoms with van der Waals surface area (Å²) in [6.07, 6.45) is 1.61. The Bertz CT molecular complexity index is 609. The largest absolute Gasteiger partial charge is 0.480 e. The molecule has 0 fully saturated rings. The van der Waals surface area contributed by atoms with Gasteiger partial charge in [0.15, 0.2) is 0 Å². The topological polar surface area (TPSA) is 121 Å². The van der Waals surface area contributed by atoms with Crippen LogP contribution in [0.2, 0.25) is 0 Å². The summed E-state index contributed by atoms with van der Waals surface area (Å²) in [6.45, 7) is 0. The molecule has 20 heavy (non-hydrogen) atoms. The first kappa shape index (κ1) is 13.8. The number of amides is 1. The fraction of sp³-hybridized carbons (Fsp3) is 0.154. The molecule has 0 aliphatic rings. The number of carbonyl (C=O) groups excluding carboxylic acids is 1. The minimum Gasteiger partial charge on any atom is -0.480 e. The molecule has 1 unspecified atom stereocenters. The second kappa shape index (κ2) is 5.98. The van der Waals surface area contributed by atoms with Crippen molar-refractivity contribution in [2.75, 3.05) is 5.32 Å². The molecule has 0 bridgehead atoms. The van der Waals surface area contributed by atoms with Crippen LogP contribution in [0, 0.1) is 0 Å². The van der Waals surface area contributed by atoms with Gasteiger partial charge in [-0.2, -0.15) is 0 Å². The molecule has 1 aromatic carbocycles. The van der Waals surface area contributed by atoms with Crippen LogP contribution in [0.15, 0.2) is 36.5 Å². The molecule has 104 valence electrons. The maximum absolute atomic E-state index is 11.9. The third kappa shape index (κ3) is 3.42. The zero-order valence-electron chi connectivity index (χ0n) is 10.5. The summed E-state index contributed by atoms with van der Waals surface area (Å²) in [5.41, 5.74) is 6.39. The third-order valence-corrected chi connectivity index (χ3v) is 2.65. The Balaban J connectivity index is 1.99. The summed E-state index contributed by atoms with van der Waals surface area (Å²) in [5, 5.41) is 11.3. The lowest BCUT2D eigenvalue weighted by atomic mass is 10.2. The van der Waals surface area contributed by atoms with Gasteiger partial charge < -0.3 is 15.8 Å². The van der Waals surface area contributed by atoms with Crippen LogP contribution < -0.4 is 11.1 Å². The number of anilines is 1. The molecule has 1 aromatic heterocycles. The van der Waals surface area contributed by atoms with Crippen LogP contribution in [-0.2, 0) is 11.2 Å². The lowest BCUT2D eigenvalue weighted by molar-refractivity contribution is -0.138. The smallest absolute Gasteiger partial charge is 0.320 e. The number of hydrogen-bond acceptors (Lipinski definition) is 4. The molecular formula is C13H14N4O3. The highest BCUT2D eigenvalue weighted by molar-refractivity contribution is 6.03. The molecule has 1 heterocycles. The number of rotatable bonds is 5. The van der Waals surface area contributed by atoms with Crippen molar-refractivity contribution in [3.63, 3.8) is 0 Å². The highest BCUT2D eigenvalue weighted by atomic mass is 16.4. The van der Waals surface area contributed by atoms with Crippen LogP contribution in [0.3, 0.4) is 0 Å². The number of nitrogens with zero attached hydrogens (tertiary/aromatic N) is 1. The first-order valence-corrected chi connectivity index (χ1v) is 5.95. The molecule has 7 nitrogen and oxygen atoms in total. The van der Waals surface area contributed by atoms with Gasteiger partial charge in [0.25, 0.3) is 5.91 Å². The molecule has 2 rings (SSSR count). The van der Waals surface area contributed by atoms with Gasteiger partial charge in [-0.15, -0.1) is 0 Å². The fourth-order valence-electron chi connectivity index (χ4n) is 1.61. The number of carbonyl (C=O) groups is 2. The third-order valence-electron chi connectivity index (χ3n) is 2.65. The Morgan fingerprint density at radius 3 is 2.70 bits per heavy atom. The maximum Gasteiger partial charge on any atom is 0.320 e. The Morgan fingerprint density at radius 1 is 1.35 bits per heavy atom. The van der Waals surface area contributed by atoms with Crippen molar-refractivity contribution in [3.8, 4) is 0 Å². The molecule has 2 aromatic rings. The van der Waals surface area contributed by atoms with Crippen LogP contribution in [0.25, 0.3) is 0 Å². The van der Waals surface area contributed by atoms with E-state index in [2.05, 4.69) is 15.3 Å². The van der Waals surface area contributed by atoms with Crippen molar-refractivity contribution in [2.45, 2.75) is 12.5 Å². The van der Waals surface area contributed by atoms with E-state index in [0.717, 1.165) is 0 Å². The summed E-state index contributed by atoms with van der Waals surface area (Å²) in [5.74, 6) is -1.14. The molecular weight excluding hydrogens is 260 g/mol. The second-order valence-corrected chi connectivity index (χ2v) is 4.21. The van der Waals surface area contributed by atoms with E-state index in [9.17, 15) is 9.59 Å². The van der Waals surface area contributed by atoms with Gasteiger partial charge in [0.05, 0.1) is 5.69 Å². The molecule has 1 atom stereocenters. The minimum absolute atomic E-state index is 0.0903. The lowest BCUT2D eigenvalue weighted by Gasteiger charge is -2.02. The van der Waals surface area contributed by atoms with E-state index in [1.165, 1.54) is 6.20 Å². The number of imidazole rings is 1. The Kier molecular flexibility index (Phi) is 4.11. The number of nitrogens with one attached hydrogen (secondary N) is 2. The lowest BCUT2D eigenvalue weighted by Crippen LogP contribution is -2.32. The van der Waals surface area contributed by atoms with Gasteiger partial charge in [0.1, 0.15) is 6.04 Å². The second-order valence-electron chi connectivity index (χ2n) is 4.21. The van der Waals surface area contributed by atoms with Gasteiger partial charge in [-0.1, -0.05) is 18.2 Å². The van der Waals surface area contributed by atoms with E-state index in [-0.39, 0.29) is 18.3 Å². The number of benzene rings is 1. The van der Waals surface area contributed by atoms with E-state index in [1.54, 1.807) is 24.3 Å². The number of aliphatic carboxylic acids is 1. The predicted molar refractivity (Wildman–Crippen MR) is 72.3 cm³/mol. The Morgan fingerprint density at radius 2 is 2.05 bits per heavy atom. The van der Waals surface area contributed by atoms with Crippen LogP contribution >= 0.6 is 0 Å². The first-order valence-electron chi connectivity index (χ1n) is 5.95. The molecule has 0 saturated carbocycles. The molecule has 7 heteroatoms. The number of hydrogen-bond donors (Lipinski definition) is 4. The van der Waals surface area contributed by atoms with Gasteiger partial charge in [0.2, 0.25) is 5.95 Å². The molecule has 0 aliphatic heterocycles. The highest BCUT2D eigenvalue weighted by Crippen LogP contribution is 2.07. The van der Waals surface area contributed by atoms with Gasteiger partial charge in [0, 0.05) is 18.2 Å². The number of nitrogens with two attached hydrogens (primary N) is 1. The van der Waals surface area contributed by atoms with Crippen LogP contribution in [0.1, 0.15) is 16.1 Å². The number of aromatic amines is 1.